The summed E-state index contributed by atoms with van der Waals surface area (Å²) in [6.45, 7) is 0.280. The van der Waals surface area contributed by atoms with Crippen molar-refractivity contribution >= 4 is 59.2 Å². The maximum atomic E-state index is 12.3. The monoisotopic (exact) mass is 513 g/mol. The van der Waals surface area contributed by atoms with Gasteiger partial charge in [-0.2, -0.15) is 0 Å². The smallest absolute Gasteiger partial charge is 0.303 e. The van der Waals surface area contributed by atoms with Crippen molar-refractivity contribution in [2.75, 3.05) is 26.6 Å². The number of aliphatic imine (C=N–C) groups is 1. The van der Waals surface area contributed by atoms with E-state index < -0.39 is 49.1 Å². The van der Waals surface area contributed by atoms with Crippen molar-refractivity contribution < 1.29 is 47.2 Å². The number of nitrogens with zero attached hydrogens (tertiary/aromatic N) is 2. The molecule has 1 amide bonds. The zero-order valence-corrected chi connectivity index (χ0v) is 20.5. The van der Waals surface area contributed by atoms with Gasteiger partial charge in [-0.1, -0.05) is 11.8 Å². The summed E-state index contributed by atoms with van der Waals surface area (Å²) in [4.78, 5) is 51.6. The molecule has 2 aliphatic heterocycles. The highest BCUT2D eigenvalue weighted by molar-refractivity contribution is 8.15. The summed E-state index contributed by atoms with van der Waals surface area (Å²) in [7, 11) is 2.67. The normalized spacial score (nSPS) is 27.3. The molecule has 0 aromatic carbocycles. The Morgan fingerprint density at radius 2 is 1.66 bits per heavy atom. The molecule has 0 aromatic heterocycles. The molecule has 0 saturated carbocycles. The highest BCUT2D eigenvalue weighted by Gasteiger charge is 2.48. The highest BCUT2D eigenvalue weighted by atomic mass is 32.5. The number of amides is 1. The Bertz CT molecular complexity index is 833. The second-order valence-corrected chi connectivity index (χ2v) is 10.7. The van der Waals surface area contributed by atoms with Crippen molar-refractivity contribution in [3.8, 4) is 0 Å². The van der Waals surface area contributed by atoms with Gasteiger partial charge in [0.05, 0.1) is 12.4 Å². The van der Waals surface area contributed by atoms with Crippen LogP contribution in [0, 0.1) is 0 Å². The first kappa shape index (κ1) is 26.6. The van der Waals surface area contributed by atoms with Crippen LogP contribution in [0.25, 0.3) is 0 Å². The molecule has 0 aromatic rings. The predicted molar refractivity (Wildman–Crippen MR) is 115 cm³/mol. The van der Waals surface area contributed by atoms with E-state index in [1.54, 1.807) is 0 Å². The number of amidine groups is 1. The molecule has 0 radical (unpaired) electrons. The number of thioether (sulfide) groups is 1. The van der Waals surface area contributed by atoms with Crippen LogP contribution < -0.4 is 5.20 Å². The summed E-state index contributed by atoms with van der Waals surface area (Å²) in [6.07, 6.45) is -4.66. The molecule has 1 N–H and O–H groups in total. The van der Waals surface area contributed by atoms with Crippen molar-refractivity contribution in [2.24, 2.45) is 4.99 Å². The van der Waals surface area contributed by atoms with Gasteiger partial charge < -0.3 is 28.0 Å². The Hall–Kier alpha value is -1.61. The number of carbonyl (C=O) groups excluding carboxylic acids is 4. The Morgan fingerprint density at radius 3 is 2.19 bits per heavy atom. The first-order chi connectivity index (χ1) is 15.0. The first-order valence-corrected chi connectivity index (χ1v) is 12.8. The van der Waals surface area contributed by atoms with Crippen LogP contribution in [-0.2, 0) is 59.0 Å². The largest absolute Gasteiger partial charge is 0.456 e. The zero-order valence-electron chi connectivity index (χ0n) is 18.0. The minimum absolute atomic E-state index is 0.0446. The average molecular weight is 513 g/mol. The van der Waals surface area contributed by atoms with Crippen LogP contribution in [0.4, 0.5) is 0 Å². The van der Waals surface area contributed by atoms with Crippen LogP contribution in [0.3, 0.4) is 0 Å². The standard InChI is InChI=1S/C16H24N3O10PS2/c1-8(20)27-11-6-26-15(14(29-10(3)22)13(11)28-9(2)21)17-16-19(12(23)7-32-16)18-30(31,24-4)25-5/h11,13-15H,6-7H2,1-5H3,(H,18,31)/b17-16+/t11-,13+,14-,15-/m1/s1. The first-order valence-electron chi connectivity index (χ1n) is 9.16. The summed E-state index contributed by atoms with van der Waals surface area (Å²) < 4.78 is 31.7. The Balaban J connectivity index is 2.37. The molecule has 32 heavy (non-hydrogen) atoms. The number of carbonyl (C=O) groups is 4. The van der Waals surface area contributed by atoms with Gasteiger partial charge in [0.15, 0.2) is 29.7 Å². The second kappa shape index (κ2) is 11.5. The molecule has 2 fully saturated rings. The number of rotatable bonds is 8. The molecule has 2 saturated heterocycles. The van der Waals surface area contributed by atoms with Gasteiger partial charge in [-0.05, 0) is 11.8 Å². The van der Waals surface area contributed by atoms with E-state index >= 15 is 0 Å². The van der Waals surface area contributed by atoms with E-state index in [9.17, 15) is 19.2 Å². The minimum atomic E-state index is -3.01. The van der Waals surface area contributed by atoms with Crippen LogP contribution in [0.2, 0.25) is 0 Å². The van der Waals surface area contributed by atoms with Crippen molar-refractivity contribution in [3.63, 3.8) is 0 Å². The van der Waals surface area contributed by atoms with Gasteiger partial charge in [0.25, 0.3) is 12.5 Å². The second-order valence-electron chi connectivity index (χ2n) is 6.41. The van der Waals surface area contributed by atoms with Gasteiger partial charge in [-0.25, -0.2) is 10.0 Å². The van der Waals surface area contributed by atoms with Gasteiger partial charge in [-0.3, -0.25) is 19.2 Å². The van der Waals surface area contributed by atoms with Crippen molar-refractivity contribution in [1.29, 1.82) is 0 Å². The van der Waals surface area contributed by atoms with Crippen molar-refractivity contribution in [1.82, 2.24) is 10.2 Å². The molecule has 13 nitrogen and oxygen atoms in total. The quantitative estimate of drug-likeness (QED) is 0.265. The Labute approximate surface area is 193 Å². The van der Waals surface area contributed by atoms with Crippen LogP contribution in [0.15, 0.2) is 4.99 Å². The fourth-order valence-electron chi connectivity index (χ4n) is 2.78. The maximum Gasteiger partial charge on any atom is 0.303 e. The third-order valence-electron chi connectivity index (χ3n) is 4.03. The maximum absolute atomic E-state index is 12.3. The van der Waals surface area contributed by atoms with E-state index in [-0.39, 0.29) is 23.4 Å². The molecule has 180 valence electrons. The average Bonchev–Trinajstić information content (AvgIpc) is 3.04. The number of ether oxygens (including phenoxy) is 4. The molecule has 0 spiro atoms. The number of hydrazine groups is 1. The molecule has 2 heterocycles. The molecule has 2 aliphatic rings. The van der Waals surface area contributed by atoms with E-state index in [1.165, 1.54) is 21.1 Å². The Kier molecular flexibility index (Phi) is 9.57. The highest BCUT2D eigenvalue weighted by Crippen LogP contribution is 2.43. The fraction of sp³-hybridized carbons (Fsp3) is 0.688. The number of esters is 3. The van der Waals surface area contributed by atoms with Gasteiger partial charge in [0.2, 0.25) is 0 Å². The lowest BCUT2D eigenvalue weighted by molar-refractivity contribution is -0.224. The fourth-order valence-corrected chi connectivity index (χ4v) is 4.69. The third kappa shape index (κ3) is 6.94. The molecular weight excluding hydrogens is 489 g/mol. The minimum Gasteiger partial charge on any atom is -0.456 e. The lowest BCUT2D eigenvalue weighted by Crippen LogP contribution is -2.57. The molecule has 0 unspecified atom stereocenters. The molecule has 2 rings (SSSR count). The Morgan fingerprint density at radius 1 is 1.09 bits per heavy atom. The molecule has 4 atom stereocenters. The lowest BCUT2D eigenvalue weighted by atomic mass is 10.0. The summed E-state index contributed by atoms with van der Waals surface area (Å²) in [5, 5.41) is 3.93. The van der Waals surface area contributed by atoms with E-state index in [1.807, 2.05) is 0 Å². The van der Waals surface area contributed by atoms with Gasteiger partial charge in [0, 0.05) is 35.0 Å². The van der Waals surface area contributed by atoms with Crippen LogP contribution in [0.5, 0.6) is 0 Å². The molecule has 16 heteroatoms. The van der Waals surface area contributed by atoms with Gasteiger partial charge in [0.1, 0.15) is 0 Å². The molecule has 0 bridgehead atoms. The summed E-state index contributed by atoms with van der Waals surface area (Å²) in [5.41, 5.74) is 0. The van der Waals surface area contributed by atoms with E-state index in [2.05, 4.69) is 10.2 Å². The SMILES string of the molecule is COP(=S)(NN1C(=O)CS/C1=N/[C@@H]1OC[C@@H](OC(C)=O)[C@H](OC(C)=O)[C@H]1OC(C)=O)OC. The van der Waals surface area contributed by atoms with E-state index in [4.69, 9.17) is 39.8 Å². The van der Waals surface area contributed by atoms with Crippen molar-refractivity contribution in [3.05, 3.63) is 0 Å². The summed E-state index contributed by atoms with van der Waals surface area (Å²) in [6, 6.07) is 0. The van der Waals surface area contributed by atoms with Crippen LogP contribution in [0.1, 0.15) is 20.8 Å². The van der Waals surface area contributed by atoms with Crippen LogP contribution in [-0.4, -0.2) is 85.1 Å². The molecular formula is C16H24N3O10PS2. The van der Waals surface area contributed by atoms with Crippen molar-refractivity contribution in [2.45, 2.75) is 45.3 Å². The topological polar surface area (TPSA) is 151 Å². The van der Waals surface area contributed by atoms with Gasteiger partial charge in [-0.15, -0.1) is 5.20 Å². The number of nitrogens with one attached hydrogen (secondary N) is 1. The number of hydrogen-bond donors (Lipinski definition) is 1. The lowest BCUT2D eigenvalue weighted by Gasteiger charge is -2.39. The number of hydrogen-bond acceptors (Lipinski definition) is 13. The molecule has 0 aliphatic carbocycles. The summed E-state index contributed by atoms with van der Waals surface area (Å²) in [5.74, 6) is -2.36. The van der Waals surface area contributed by atoms with Crippen LogP contribution >= 0.6 is 18.4 Å². The predicted octanol–water partition coefficient (Wildman–Crippen LogP) is 0.0911. The third-order valence-corrected chi connectivity index (χ3v) is 7.51. The zero-order chi connectivity index (χ0) is 24.1. The van der Waals surface area contributed by atoms with E-state index in [0.29, 0.717) is 0 Å². The van der Waals surface area contributed by atoms with E-state index in [0.717, 1.165) is 30.6 Å². The summed E-state index contributed by atoms with van der Waals surface area (Å²) >= 11 is 6.32. The van der Waals surface area contributed by atoms with Gasteiger partial charge >= 0.3 is 17.9 Å².